The number of hydrogen-bond acceptors (Lipinski definition) is 6. The maximum atomic E-state index is 12.9. The Morgan fingerprint density at radius 1 is 1.10 bits per heavy atom. The molecule has 0 unspecified atom stereocenters. The number of halogens is 1. The van der Waals surface area contributed by atoms with Crippen molar-refractivity contribution >= 4 is 41.3 Å². The van der Waals surface area contributed by atoms with Gasteiger partial charge in [-0.15, -0.1) is 11.8 Å². The zero-order valence-corrected chi connectivity index (χ0v) is 16.1. The first-order valence-electron chi connectivity index (χ1n) is 8.35. The molecule has 2 aromatic rings. The van der Waals surface area contributed by atoms with E-state index >= 15 is 0 Å². The van der Waals surface area contributed by atoms with Gasteiger partial charge in [0.2, 0.25) is 5.91 Å². The Hall–Kier alpha value is -3.40. The molecule has 4 amide bonds. The summed E-state index contributed by atoms with van der Waals surface area (Å²) in [5.41, 5.74) is 5.46. The Morgan fingerprint density at radius 2 is 1.76 bits per heavy atom. The minimum absolute atomic E-state index is 0.0145. The van der Waals surface area contributed by atoms with Crippen molar-refractivity contribution in [2.24, 2.45) is 5.73 Å². The van der Waals surface area contributed by atoms with Crippen LogP contribution in [0.1, 0.15) is 17.3 Å². The Kier molecular flexibility index (Phi) is 7.72. The lowest BCUT2D eigenvalue weighted by Gasteiger charge is -2.14. The lowest BCUT2D eigenvalue weighted by molar-refractivity contribution is -0.127. The molecule has 0 aliphatic heterocycles. The first kappa shape index (κ1) is 21.9. The van der Waals surface area contributed by atoms with Crippen molar-refractivity contribution in [1.82, 2.24) is 5.32 Å². The lowest BCUT2D eigenvalue weighted by Crippen LogP contribution is -2.42. The van der Waals surface area contributed by atoms with Crippen LogP contribution in [-0.2, 0) is 14.3 Å². The third-order valence-electron chi connectivity index (χ3n) is 3.49. The molecule has 0 heterocycles. The molecule has 0 saturated carbocycles. The van der Waals surface area contributed by atoms with Crippen molar-refractivity contribution < 1.29 is 28.3 Å². The number of amides is 4. The SMILES string of the molecule is C[C@H](OC(=O)c1ccccc1SCC(=O)Nc1ccc(F)cc1)C(=O)NC(N)=O. The molecule has 0 bridgehead atoms. The van der Waals surface area contributed by atoms with Gasteiger partial charge in [0.05, 0.1) is 11.3 Å². The first-order valence-corrected chi connectivity index (χ1v) is 9.33. The monoisotopic (exact) mass is 419 g/mol. The van der Waals surface area contributed by atoms with Crippen LogP contribution in [0.2, 0.25) is 0 Å². The van der Waals surface area contributed by atoms with Gasteiger partial charge in [0.1, 0.15) is 5.82 Å². The second-order valence-corrected chi connectivity index (χ2v) is 6.76. The third-order valence-corrected chi connectivity index (χ3v) is 4.57. The molecule has 1 atom stereocenters. The van der Waals surface area contributed by atoms with Gasteiger partial charge in [0.25, 0.3) is 5.91 Å². The van der Waals surface area contributed by atoms with E-state index in [1.54, 1.807) is 18.2 Å². The third kappa shape index (κ3) is 6.92. The zero-order valence-electron chi connectivity index (χ0n) is 15.3. The van der Waals surface area contributed by atoms with Crippen LogP contribution in [0, 0.1) is 5.82 Å². The number of hydrogen-bond donors (Lipinski definition) is 3. The van der Waals surface area contributed by atoms with Gasteiger partial charge in [-0.1, -0.05) is 12.1 Å². The Bertz CT molecular complexity index is 920. The highest BCUT2D eigenvalue weighted by Crippen LogP contribution is 2.24. The van der Waals surface area contributed by atoms with Crippen LogP contribution in [-0.4, -0.2) is 35.7 Å². The molecule has 10 heteroatoms. The van der Waals surface area contributed by atoms with Gasteiger partial charge in [0, 0.05) is 10.6 Å². The quantitative estimate of drug-likeness (QED) is 0.467. The highest BCUT2D eigenvalue weighted by Gasteiger charge is 2.22. The molecule has 0 aliphatic rings. The summed E-state index contributed by atoms with van der Waals surface area (Å²) in [6.45, 7) is 1.29. The van der Waals surface area contributed by atoms with Gasteiger partial charge >= 0.3 is 12.0 Å². The number of carbonyl (C=O) groups excluding carboxylic acids is 4. The molecule has 0 saturated heterocycles. The maximum absolute atomic E-state index is 12.9. The number of ether oxygens (including phenoxy) is 1. The Balaban J connectivity index is 1.97. The predicted octanol–water partition coefficient (Wildman–Crippen LogP) is 2.30. The van der Waals surface area contributed by atoms with E-state index in [0.717, 1.165) is 11.8 Å². The van der Waals surface area contributed by atoms with Gasteiger partial charge in [-0.05, 0) is 43.3 Å². The number of primary amides is 1. The number of imide groups is 1. The Labute approximate surface area is 170 Å². The molecular weight excluding hydrogens is 401 g/mol. The first-order chi connectivity index (χ1) is 13.8. The van der Waals surface area contributed by atoms with Crippen LogP contribution < -0.4 is 16.4 Å². The van der Waals surface area contributed by atoms with E-state index in [9.17, 15) is 23.6 Å². The fourth-order valence-corrected chi connectivity index (χ4v) is 2.98. The molecule has 8 nitrogen and oxygen atoms in total. The number of anilines is 1. The van der Waals surface area contributed by atoms with Gasteiger partial charge in [-0.3, -0.25) is 14.9 Å². The number of urea groups is 1. The van der Waals surface area contributed by atoms with Crippen LogP contribution in [0.5, 0.6) is 0 Å². The van der Waals surface area contributed by atoms with Crippen LogP contribution in [0.15, 0.2) is 53.4 Å². The summed E-state index contributed by atoms with van der Waals surface area (Å²) in [6, 6.07) is 10.7. The summed E-state index contributed by atoms with van der Waals surface area (Å²) in [7, 11) is 0. The molecule has 0 radical (unpaired) electrons. The lowest BCUT2D eigenvalue weighted by atomic mass is 10.2. The van der Waals surface area contributed by atoms with Crippen LogP contribution >= 0.6 is 11.8 Å². The average molecular weight is 419 g/mol. The average Bonchev–Trinajstić information content (AvgIpc) is 2.67. The molecular formula is C19H18FN3O5S. The van der Waals surface area contributed by atoms with Gasteiger partial charge < -0.3 is 15.8 Å². The summed E-state index contributed by atoms with van der Waals surface area (Å²) >= 11 is 1.09. The summed E-state index contributed by atoms with van der Waals surface area (Å²) in [5.74, 6) is -2.42. The Morgan fingerprint density at radius 3 is 2.41 bits per heavy atom. The minimum atomic E-state index is -1.24. The maximum Gasteiger partial charge on any atom is 0.340 e. The van der Waals surface area contributed by atoms with E-state index < -0.39 is 29.8 Å². The number of thioether (sulfide) groups is 1. The van der Waals surface area contributed by atoms with Crippen molar-refractivity contribution in [2.75, 3.05) is 11.1 Å². The minimum Gasteiger partial charge on any atom is -0.449 e. The van der Waals surface area contributed by atoms with Crippen LogP contribution in [0.25, 0.3) is 0 Å². The van der Waals surface area contributed by atoms with Crippen LogP contribution in [0.4, 0.5) is 14.9 Å². The summed E-state index contributed by atoms with van der Waals surface area (Å²) < 4.78 is 18.0. The number of benzene rings is 2. The second kappa shape index (κ2) is 10.2. The number of nitrogens with two attached hydrogens (primary N) is 1. The predicted molar refractivity (Wildman–Crippen MR) is 105 cm³/mol. The summed E-state index contributed by atoms with van der Waals surface area (Å²) in [5, 5.41) is 4.44. The standard InChI is InChI=1S/C19H18FN3O5S/c1-11(17(25)23-19(21)27)28-18(26)14-4-2-3-5-15(14)29-10-16(24)22-13-8-6-12(20)7-9-13/h2-9,11H,10H2,1H3,(H,22,24)(H3,21,23,25,27)/t11-/m0/s1. The van der Waals surface area contributed by atoms with E-state index in [2.05, 4.69) is 5.32 Å². The molecule has 4 N–H and O–H groups in total. The van der Waals surface area contributed by atoms with Crippen molar-refractivity contribution in [3.05, 3.63) is 59.9 Å². The van der Waals surface area contributed by atoms with E-state index in [1.165, 1.54) is 37.3 Å². The summed E-state index contributed by atoms with van der Waals surface area (Å²) in [4.78, 5) is 47.3. The number of nitrogens with one attached hydrogen (secondary N) is 2. The van der Waals surface area contributed by atoms with E-state index in [1.807, 2.05) is 5.32 Å². The molecule has 2 rings (SSSR count). The van der Waals surface area contributed by atoms with E-state index in [0.29, 0.717) is 10.6 Å². The van der Waals surface area contributed by atoms with Gasteiger partial charge in [-0.25, -0.2) is 14.0 Å². The molecule has 152 valence electrons. The number of carbonyl (C=O) groups is 4. The van der Waals surface area contributed by atoms with Crippen molar-refractivity contribution in [2.45, 2.75) is 17.9 Å². The zero-order chi connectivity index (χ0) is 21.4. The van der Waals surface area contributed by atoms with Gasteiger partial charge in [-0.2, -0.15) is 0 Å². The van der Waals surface area contributed by atoms with Gasteiger partial charge in [0.15, 0.2) is 6.10 Å². The molecule has 0 fully saturated rings. The second-order valence-electron chi connectivity index (χ2n) is 5.74. The van der Waals surface area contributed by atoms with Crippen molar-refractivity contribution in [3.63, 3.8) is 0 Å². The topological polar surface area (TPSA) is 128 Å². The molecule has 0 aromatic heterocycles. The van der Waals surface area contributed by atoms with Crippen molar-refractivity contribution in [1.29, 1.82) is 0 Å². The van der Waals surface area contributed by atoms with E-state index in [-0.39, 0.29) is 17.2 Å². The molecule has 29 heavy (non-hydrogen) atoms. The summed E-state index contributed by atoms with van der Waals surface area (Å²) in [6.07, 6.45) is -1.24. The molecule has 0 aliphatic carbocycles. The fraction of sp³-hybridized carbons (Fsp3) is 0.158. The fourth-order valence-electron chi connectivity index (χ4n) is 2.14. The highest BCUT2D eigenvalue weighted by atomic mass is 32.2. The molecule has 2 aromatic carbocycles. The van der Waals surface area contributed by atoms with Crippen molar-refractivity contribution in [3.8, 4) is 0 Å². The number of esters is 1. The molecule has 0 spiro atoms. The van der Waals surface area contributed by atoms with E-state index in [4.69, 9.17) is 10.5 Å². The smallest absolute Gasteiger partial charge is 0.340 e. The number of rotatable bonds is 7. The largest absolute Gasteiger partial charge is 0.449 e. The van der Waals surface area contributed by atoms with Crippen LogP contribution in [0.3, 0.4) is 0 Å². The normalized spacial score (nSPS) is 11.2. The highest BCUT2D eigenvalue weighted by molar-refractivity contribution is 8.00.